The van der Waals surface area contributed by atoms with E-state index in [-0.39, 0.29) is 34.5 Å². The van der Waals surface area contributed by atoms with Crippen molar-refractivity contribution < 1.29 is 23.9 Å². The van der Waals surface area contributed by atoms with Crippen molar-refractivity contribution in [3.05, 3.63) is 22.3 Å². The number of nitrogens with one attached hydrogen (secondary N) is 1. The summed E-state index contributed by atoms with van der Waals surface area (Å²) >= 11 is 11.7. The first kappa shape index (κ1) is 20.5. The molecule has 1 aliphatic carbocycles. The van der Waals surface area contributed by atoms with Crippen LogP contribution in [0.4, 0.5) is 5.82 Å². The zero-order valence-corrected chi connectivity index (χ0v) is 16.6. The van der Waals surface area contributed by atoms with Crippen LogP contribution in [0.3, 0.4) is 0 Å². The van der Waals surface area contributed by atoms with E-state index in [1.54, 1.807) is 0 Å². The van der Waals surface area contributed by atoms with E-state index in [2.05, 4.69) is 10.3 Å². The highest BCUT2D eigenvalue weighted by atomic mass is 35.5. The van der Waals surface area contributed by atoms with E-state index in [9.17, 15) is 19.2 Å². The summed E-state index contributed by atoms with van der Waals surface area (Å²) < 4.78 is 5.07. The number of ether oxygens (including phenoxy) is 1. The third-order valence-electron chi connectivity index (χ3n) is 4.95. The zero-order chi connectivity index (χ0) is 20.4. The normalized spacial score (nSPS) is 22.6. The largest absolute Gasteiger partial charge is 0.451 e. The lowest BCUT2D eigenvalue weighted by molar-refractivity contribution is -0.158. The standard InChI is InChI=1S/C18H19Cl2N3O5/c1-9(16(25)22-15-13(20)6-10(19)7-21-15)28-14(24)8-23-17(26)11-4-2-3-5-12(11)18(23)27/h6-7,9,11-12H,2-5,8H2,1H3,(H,21,22,25)/t9-,11-,12+/m1/s1. The summed E-state index contributed by atoms with van der Waals surface area (Å²) in [6.07, 6.45) is 3.26. The first-order chi connectivity index (χ1) is 13.3. The summed E-state index contributed by atoms with van der Waals surface area (Å²) in [4.78, 5) is 54.0. The predicted octanol–water partition coefficient (Wildman–Crippen LogP) is 2.43. The number of aromatic nitrogens is 1. The summed E-state index contributed by atoms with van der Waals surface area (Å²) in [6, 6.07) is 1.41. The molecule has 10 heteroatoms. The third kappa shape index (κ3) is 4.28. The lowest BCUT2D eigenvalue weighted by Gasteiger charge is -2.19. The van der Waals surface area contributed by atoms with Crippen LogP contribution in [-0.2, 0) is 23.9 Å². The van der Waals surface area contributed by atoms with Crippen molar-refractivity contribution in [1.29, 1.82) is 0 Å². The number of imide groups is 1. The van der Waals surface area contributed by atoms with Gasteiger partial charge in [-0.1, -0.05) is 36.0 Å². The molecular weight excluding hydrogens is 409 g/mol. The van der Waals surface area contributed by atoms with Crippen LogP contribution < -0.4 is 5.32 Å². The molecule has 150 valence electrons. The SMILES string of the molecule is C[C@@H](OC(=O)CN1C(=O)[C@H]2CCCC[C@H]2C1=O)C(=O)Nc1ncc(Cl)cc1Cl. The molecular formula is C18H19Cl2N3O5. The molecule has 3 amide bonds. The van der Waals surface area contributed by atoms with Gasteiger partial charge in [0.2, 0.25) is 11.8 Å². The number of rotatable bonds is 5. The molecule has 0 radical (unpaired) electrons. The number of amides is 3. The topological polar surface area (TPSA) is 106 Å². The van der Waals surface area contributed by atoms with Crippen LogP contribution in [0.2, 0.25) is 10.0 Å². The van der Waals surface area contributed by atoms with Crippen molar-refractivity contribution in [1.82, 2.24) is 9.88 Å². The Morgan fingerprint density at radius 3 is 2.43 bits per heavy atom. The van der Waals surface area contributed by atoms with E-state index in [1.807, 2.05) is 0 Å². The Morgan fingerprint density at radius 2 is 1.86 bits per heavy atom. The van der Waals surface area contributed by atoms with E-state index in [4.69, 9.17) is 27.9 Å². The van der Waals surface area contributed by atoms with Crippen LogP contribution in [0.15, 0.2) is 12.3 Å². The molecule has 2 fully saturated rings. The Morgan fingerprint density at radius 1 is 1.25 bits per heavy atom. The van der Waals surface area contributed by atoms with Crippen molar-refractivity contribution >= 4 is 52.7 Å². The molecule has 0 bridgehead atoms. The second kappa shape index (κ2) is 8.45. The van der Waals surface area contributed by atoms with E-state index in [0.29, 0.717) is 17.9 Å². The van der Waals surface area contributed by atoms with Gasteiger partial charge in [0.1, 0.15) is 6.54 Å². The van der Waals surface area contributed by atoms with Crippen molar-refractivity contribution in [2.45, 2.75) is 38.7 Å². The number of carbonyl (C=O) groups excluding carboxylic acids is 4. The van der Waals surface area contributed by atoms with Crippen LogP contribution >= 0.6 is 23.2 Å². The molecule has 2 aliphatic rings. The van der Waals surface area contributed by atoms with Gasteiger partial charge in [0.15, 0.2) is 11.9 Å². The van der Waals surface area contributed by atoms with Crippen LogP contribution in [0.25, 0.3) is 0 Å². The maximum Gasteiger partial charge on any atom is 0.326 e. The minimum absolute atomic E-state index is 0.0768. The van der Waals surface area contributed by atoms with E-state index in [1.165, 1.54) is 19.2 Å². The molecule has 1 aromatic rings. The monoisotopic (exact) mass is 427 g/mol. The summed E-state index contributed by atoms with van der Waals surface area (Å²) in [5, 5.41) is 2.87. The van der Waals surface area contributed by atoms with Crippen LogP contribution in [0, 0.1) is 11.8 Å². The van der Waals surface area contributed by atoms with E-state index < -0.39 is 24.5 Å². The minimum Gasteiger partial charge on any atom is -0.451 e. The molecule has 0 unspecified atom stereocenters. The molecule has 28 heavy (non-hydrogen) atoms. The molecule has 2 heterocycles. The highest BCUT2D eigenvalue weighted by Crippen LogP contribution is 2.37. The average molecular weight is 428 g/mol. The number of carbonyl (C=O) groups is 4. The van der Waals surface area contributed by atoms with Crippen molar-refractivity contribution in [2.75, 3.05) is 11.9 Å². The summed E-state index contributed by atoms with van der Waals surface area (Å²) in [5.74, 6) is -2.76. The molecule has 3 atom stereocenters. The Bertz CT molecular complexity index is 807. The molecule has 1 saturated heterocycles. The molecule has 8 nitrogen and oxygen atoms in total. The van der Waals surface area contributed by atoms with Gasteiger partial charge in [-0.15, -0.1) is 0 Å². The Kier molecular flexibility index (Phi) is 6.20. The molecule has 1 N–H and O–H groups in total. The van der Waals surface area contributed by atoms with Gasteiger partial charge >= 0.3 is 5.97 Å². The highest BCUT2D eigenvalue weighted by Gasteiger charge is 2.48. The number of likely N-dealkylation sites (tertiary alicyclic amines) is 1. The van der Waals surface area contributed by atoms with E-state index in [0.717, 1.165) is 17.7 Å². The van der Waals surface area contributed by atoms with Crippen molar-refractivity contribution in [2.24, 2.45) is 11.8 Å². The number of fused-ring (bicyclic) bond motifs is 1. The van der Waals surface area contributed by atoms with Crippen LogP contribution in [0.5, 0.6) is 0 Å². The van der Waals surface area contributed by atoms with Crippen molar-refractivity contribution in [3.8, 4) is 0 Å². The fourth-order valence-electron chi connectivity index (χ4n) is 3.53. The number of nitrogens with zero attached hydrogens (tertiary/aromatic N) is 2. The van der Waals surface area contributed by atoms with Gasteiger partial charge in [0.05, 0.1) is 21.9 Å². The van der Waals surface area contributed by atoms with Gasteiger partial charge < -0.3 is 10.1 Å². The number of halogens is 2. The van der Waals surface area contributed by atoms with Gasteiger partial charge in [0.25, 0.3) is 5.91 Å². The second-order valence-corrected chi connectivity index (χ2v) is 7.71. The van der Waals surface area contributed by atoms with Gasteiger partial charge in [0, 0.05) is 6.20 Å². The fraction of sp³-hybridized carbons (Fsp3) is 0.500. The molecule has 1 aliphatic heterocycles. The fourth-order valence-corrected chi connectivity index (χ4v) is 3.96. The average Bonchev–Trinajstić information content (AvgIpc) is 2.89. The Hall–Kier alpha value is -2.19. The van der Waals surface area contributed by atoms with Gasteiger partial charge in [-0.2, -0.15) is 0 Å². The Balaban J connectivity index is 1.56. The van der Waals surface area contributed by atoms with Gasteiger partial charge in [-0.05, 0) is 25.8 Å². The smallest absolute Gasteiger partial charge is 0.326 e. The first-order valence-electron chi connectivity index (χ1n) is 8.94. The lowest BCUT2D eigenvalue weighted by atomic mass is 9.81. The predicted molar refractivity (Wildman–Crippen MR) is 101 cm³/mol. The highest BCUT2D eigenvalue weighted by molar-refractivity contribution is 6.36. The number of esters is 1. The first-order valence-corrected chi connectivity index (χ1v) is 9.70. The quantitative estimate of drug-likeness (QED) is 0.571. The number of anilines is 1. The molecule has 0 spiro atoms. The van der Waals surface area contributed by atoms with Crippen molar-refractivity contribution in [3.63, 3.8) is 0 Å². The summed E-state index contributed by atoms with van der Waals surface area (Å²) in [6.45, 7) is 0.868. The summed E-state index contributed by atoms with van der Waals surface area (Å²) in [7, 11) is 0. The van der Waals surface area contributed by atoms with Crippen LogP contribution in [-0.4, -0.2) is 46.2 Å². The zero-order valence-electron chi connectivity index (χ0n) is 15.1. The molecule has 3 rings (SSSR count). The Labute approximate surface area is 171 Å². The number of pyridine rings is 1. The molecule has 1 aromatic heterocycles. The molecule has 0 aromatic carbocycles. The van der Waals surface area contributed by atoms with E-state index >= 15 is 0 Å². The van der Waals surface area contributed by atoms with Crippen LogP contribution in [0.1, 0.15) is 32.6 Å². The van der Waals surface area contributed by atoms with Gasteiger partial charge in [-0.3, -0.25) is 24.1 Å². The summed E-state index contributed by atoms with van der Waals surface area (Å²) in [5.41, 5.74) is 0. The van der Waals surface area contributed by atoms with Gasteiger partial charge in [-0.25, -0.2) is 4.98 Å². The second-order valence-electron chi connectivity index (χ2n) is 6.87. The minimum atomic E-state index is -1.17. The maximum absolute atomic E-state index is 12.4. The third-order valence-corrected chi connectivity index (χ3v) is 5.44. The lowest BCUT2D eigenvalue weighted by Crippen LogP contribution is -2.39. The molecule has 1 saturated carbocycles. The maximum atomic E-state index is 12.4. The number of hydrogen-bond acceptors (Lipinski definition) is 6. The number of hydrogen-bond donors (Lipinski definition) is 1.